The van der Waals surface area contributed by atoms with Crippen molar-refractivity contribution in [2.24, 2.45) is 0 Å². The number of aromatic nitrogens is 1. The van der Waals surface area contributed by atoms with Crippen molar-refractivity contribution in [2.75, 3.05) is 0 Å². The van der Waals surface area contributed by atoms with Gasteiger partial charge in [-0.15, -0.1) is 0 Å². The van der Waals surface area contributed by atoms with Crippen LogP contribution >= 0.6 is 0 Å². The van der Waals surface area contributed by atoms with Gasteiger partial charge >= 0.3 is 0 Å². The Morgan fingerprint density at radius 3 is 3.27 bits per heavy atom. The second-order valence-corrected chi connectivity index (χ2v) is 2.91. The third-order valence-corrected chi connectivity index (χ3v) is 2.13. The highest BCUT2D eigenvalue weighted by Gasteiger charge is 2.19. The zero-order chi connectivity index (χ0) is 7.68. The summed E-state index contributed by atoms with van der Waals surface area (Å²) in [6.45, 7) is 0. The Hall–Kier alpha value is -0.920. The largest absolute Gasteiger partial charge is 0.258 e. The Kier molecular flexibility index (Phi) is 1.60. The van der Waals surface area contributed by atoms with Gasteiger partial charge in [0, 0.05) is 6.20 Å². The second kappa shape index (κ2) is 2.61. The number of pyridine rings is 1. The van der Waals surface area contributed by atoms with Crippen LogP contribution in [0.15, 0.2) is 18.3 Å². The number of aryl methyl sites for hydroxylation is 1. The molecule has 11 heavy (non-hydrogen) atoms. The van der Waals surface area contributed by atoms with Crippen LogP contribution in [0.1, 0.15) is 30.3 Å². The van der Waals surface area contributed by atoms with E-state index >= 15 is 0 Å². The number of halogens is 1. The summed E-state index contributed by atoms with van der Waals surface area (Å²) in [7, 11) is 0. The van der Waals surface area contributed by atoms with Gasteiger partial charge in [-0.3, -0.25) is 4.98 Å². The highest BCUT2D eigenvalue weighted by molar-refractivity contribution is 5.24. The van der Waals surface area contributed by atoms with Crippen molar-refractivity contribution in [1.29, 1.82) is 0 Å². The van der Waals surface area contributed by atoms with Crippen LogP contribution < -0.4 is 0 Å². The monoisotopic (exact) mass is 151 g/mol. The Balaban J connectivity index is 2.44. The molecule has 0 spiro atoms. The van der Waals surface area contributed by atoms with Gasteiger partial charge in [0.25, 0.3) is 0 Å². The molecule has 1 heterocycles. The third kappa shape index (κ3) is 1.13. The first-order valence-electron chi connectivity index (χ1n) is 3.96. The van der Waals surface area contributed by atoms with E-state index < -0.39 is 6.17 Å². The van der Waals surface area contributed by atoms with Crippen LogP contribution in [0.4, 0.5) is 4.39 Å². The molecule has 1 aromatic rings. The molecule has 0 bridgehead atoms. The highest BCUT2D eigenvalue weighted by Crippen LogP contribution is 2.30. The molecule has 1 nitrogen and oxygen atoms in total. The van der Waals surface area contributed by atoms with Gasteiger partial charge in [0.05, 0.1) is 5.69 Å². The number of hydrogen-bond donors (Lipinski definition) is 0. The minimum atomic E-state index is -0.819. The molecule has 0 saturated carbocycles. The standard InChI is InChI=1S/C9H10FN/c10-8-5-1-3-7-4-2-6-11-9(7)8/h2,4,6,8H,1,3,5H2. The van der Waals surface area contributed by atoms with Gasteiger partial charge in [-0.1, -0.05) is 6.07 Å². The zero-order valence-electron chi connectivity index (χ0n) is 6.26. The van der Waals surface area contributed by atoms with E-state index in [1.807, 2.05) is 12.1 Å². The quantitative estimate of drug-likeness (QED) is 0.555. The number of alkyl halides is 1. The molecule has 2 rings (SSSR count). The van der Waals surface area contributed by atoms with Crippen LogP contribution in [-0.4, -0.2) is 4.98 Å². The molecule has 1 atom stereocenters. The molecule has 1 aliphatic rings. The molecular formula is C9H10FN. The molecule has 0 aromatic carbocycles. The summed E-state index contributed by atoms with van der Waals surface area (Å²) >= 11 is 0. The van der Waals surface area contributed by atoms with E-state index in [0.29, 0.717) is 12.1 Å². The Bertz CT molecular complexity index is 259. The van der Waals surface area contributed by atoms with Gasteiger partial charge in [0.15, 0.2) is 0 Å². The van der Waals surface area contributed by atoms with E-state index in [4.69, 9.17) is 0 Å². The summed E-state index contributed by atoms with van der Waals surface area (Å²) in [6.07, 6.45) is 3.43. The lowest BCUT2D eigenvalue weighted by Gasteiger charge is -2.17. The van der Waals surface area contributed by atoms with E-state index in [1.54, 1.807) is 6.20 Å². The Morgan fingerprint density at radius 2 is 2.45 bits per heavy atom. The fourth-order valence-electron chi connectivity index (χ4n) is 1.55. The van der Waals surface area contributed by atoms with Crippen LogP contribution in [0.5, 0.6) is 0 Å². The maximum atomic E-state index is 13.1. The number of fused-ring (bicyclic) bond motifs is 1. The Labute approximate surface area is 65.3 Å². The van der Waals surface area contributed by atoms with Gasteiger partial charge in [0.2, 0.25) is 0 Å². The number of rotatable bonds is 0. The lowest BCUT2D eigenvalue weighted by atomic mass is 9.95. The molecule has 0 radical (unpaired) electrons. The first-order chi connectivity index (χ1) is 5.38. The van der Waals surface area contributed by atoms with Gasteiger partial charge in [-0.25, -0.2) is 4.39 Å². The summed E-state index contributed by atoms with van der Waals surface area (Å²) < 4.78 is 13.1. The van der Waals surface area contributed by atoms with E-state index in [1.165, 1.54) is 0 Å². The number of hydrogen-bond acceptors (Lipinski definition) is 1. The first-order valence-corrected chi connectivity index (χ1v) is 3.96. The SMILES string of the molecule is FC1CCCc2cccnc21. The van der Waals surface area contributed by atoms with Crippen LogP contribution in [0.2, 0.25) is 0 Å². The maximum absolute atomic E-state index is 13.1. The summed E-state index contributed by atoms with van der Waals surface area (Å²) in [5.41, 5.74) is 1.75. The minimum absolute atomic E-state index is 0.643. The molecule has 58 valence electrons. The van der Waals surface area contributed by atoms with Crippen LogP contribution in [0.3, 0.4) is 0 Å². The van der Waals surface area contributed by atoms with Crippen molar-refractivity contribution >= 4 is 0 Å². The van der Waals surface area contributed by atoms with Crippen LogP contribution in [0.25, 0.3) is 0 Å². The lowest BCUT2D eigenvalue weighted by molar-refractivity contribution is 0.294. The third-order valence-electron chi connectivity index (χ3n) is 2.13. The minimum Gasteiger partial charge on any atom is -0.258 e. The lowest BCUT2D eigenvalue weighted by Crippen LogP contribution is -2.07. The van der Waals surface area contributed by atoms with Gasteiger partial charge in [-0.2, -0.15) is 0 Å². The fourth-order valence-corrected chi connectivity index (χ4v) is 1.55. The molecule has 1 aromatic heterocycles. The molecule has 0 amide bonds. The molecule has 0 aliphatic heterocycles. The van der Waals surface area contributed by atoms with Gasteiger partial charge < -0.3 is 0 Å². The molecule has 0 fully saturated rings. The van der Waals surface area contributed by atoms with Gasteiger partial charge in [-0.05, 0) is 30.9 Å². The topological polar surface area (TPSA) is 12.9 Å². The molecule has 1 aliphatic carbocycles. The summed E-state index contributed by atoms with van der Waals surface area (Å²) in [4.78, 5) is 4.03. The van der Waals surface area contributed by atoms with E-state index in [9.17, 15) is 4.39 Å². The predicted octanol–water partition coefficient (Wildman–Crippen LogP) is 2.43. The maximum Gasteiger partial charge on any atom is 0.142 e. The number of nitrogens with zero attached hydrogens (tertiary/aromatic N) is 1. The summed E-state index contributed by atoms with van der Waals surface area (Å²) in [5, 5.41) is 0. The first kappa shape index (κ1) is 6.77. The van der Waals surface area contributed by atoms with Crippen molar-refractivity contribution < 1.29 is 4.39 Å². The summed E-state index contributed by atoms with van der Waals surface area (Å²) in [6, 6.07) is 3.84. The molecule has 0 N–H and O–H groups in total. The molecule has 1 unspecified atom stereocenters. The van der Waals surface area contributed by atoms with Crippen molar-refractivity contribution in [3.8, 4) is 0 Å². The molecule has 2 heteroatoms. The fraction of sp³-hybridized carbons (Fsp3) is 0.444. The van der Waals surface area contributed by atoms with Crippen molar-refractivity contribution in [2.45, 2.75) is 25.4 Å². The van der Waals surface area contributed by atoms with E-state index in [2.05, 4.69) is 4.98 Å². The van der Waals surface area contributed by atoms with Crippen LogP contribution in [-0.2, 0) is 6.42 Å². The smallest absolute Gasteiger partial charge is 0.142 e. The van der Waals surface area contributed by atoms with E-state index in [-0.39, 0.29) is 0 Å². The second-order valence-electron chi connectivity index (χ2n) is 2.91. The Morgan fingerprint density at radius 1 is 1.55 bits per heavy atom. The molecule has 0 saturated heterocycles. The average Bonchev–Trinajstić information content (AvgIpc) is 2.06. The van der Waals surface area contributed by atoms with Gasteiger partial charge in [0.1, 0.15) is 6.17 Å². The van der Waals surface area contributed by atoms with Crippen molar-refractivity contribution in [3.63, 3.8) is 0 Å². The predicted molar refractivity (Wildman–Crippen MR) is 41.0 cm³/mol. The van der Waals surface area contributed by atoms with Crippen molar-refractivity contribution in [1.82, 2.24) is 4.98 Å². The normalized spacial score (nSPS) is 22.8. The average molecular weight is 151 g/mol. The van der Waals surface area contributed by atoms with E-state index in [0.717, 1.165) is 18.4 Å². The highest BCUT2D eigenvalue weighted by atomic mass is 19.1. The zero-order valence-corrected chi connectivity index (χ0v) is 6.26. The van der Waals surface area contributed by atoms with Crippen LogP contribution in [0, 0.1) is 0 Å². The van der Waals surface area contributed by atoms with Crippen molar-refractivity contribution in [3.05, 3.63) is 29.6 Å². The summed E-state index contributed by atoms with van der Waals surface area (Å²) in [5.74, 6) is 0. The molecular weight excluding hydrogens is 141 g/mol.